The second-order valence-electron chi connectivity index (χ2n) is 3.86. The van der Waals surface area contributed by atoms with Crippen LogP contribution in [-0.2, 0) is 6.54 Å². The quantitative estimate of drug-likeness (QED) is 0.868. The minimum atomic E-state index is 0.0252. The third-order valence-corrected chi connectivity index (χ3v) is 2.53. The molecule has 0 saturated heterocycles. The zero-order valence-electron chi connectivity index (χ0n) is 9.74. The Hall–Kier alpha value is -1.94. The highest BCUT2D eigenvalue weighted by Gasteiger charge is 2.02. The van der Waals surface area contributed by atoms with E-state index in [-0.39, 0.29) is 6.61 Å². The van der Waals surface area contributed by atoms with Gasteiger partial charge < -0.3 is 5.11 Å². The predicted octanol–water partition coefficient (Wildman–Crippen LogP) is 1.72. The fourth-order valence-electron chi connectivity index (χ4n) is 1.57. The molecular formula is C13H15N3O. The summed E-state index contributed by atoms with van der Waals surface area (Å²) in [6, 6.07) is 10.1. The summed E-state index contributed by atoms with van der Waals surface area (Å²) in [5.41, 5.74) is 2.93. The van der Waals surface area contributed by atoms with E-state index in [9.17, 15) is 0 Å². The number of aliphatic hydroxyl groups excluding tert-OH is 1. The molecule has 0 spiro atoms. The normalized spacial score (nSPS) is 11.8. The highest BCUT2D eigenvalue weighted by molar-refractivity contribution is 5.59. The van der Waals surface area contributed by atoms with Gasteiger partial charge in [0.15, 0.2) is 0 Å². The topological polar surface area (TPSA) is 50.9 Å². The van der Waals surface area contributed by atoms with E-state index in [1.807, 2.05) is 31.3 Å². The summed E-state index contributed by atoms with van der Waals surface area (Å²) >= 11 is 0. The molecule has 4 nitrogen and oxygen atoms in total. The summed E-state index contributed by atoms with van der Waals surface area (Å²) < 4.78 is 1.79. The number of hydrogen-bond acceptors (Lipinski definition) is 3. The Morgan fingerprint density at radius 3 is 2.82 bits per heavy atom. The summed E-state index contributed by atoms with van der Waals surface area (Å²) in [6.07, 6.45) is 3.60. The Kier molecular flexibility index (Phi) is 3.67. The maximum Gasteiger partial charge on any atom is 0.108 e. The van der Waals surface area contributed by atoms with Gasteiger partial charge in [0, 0.05) is 0 Å². The van der Waals surface area contributed by atoms with Crippen LogP contribution in [0.15, 0.2) is 42.6 Å². The van der Waals surface area contributed by atoms with Crippen LogP contribution in [0.4, 0.5) is 0 Å². The lowest BCUT2D eigenvalue weighted by atomic mass is 10.2. The van der Waals surface area contributed by atoms with Crippen LogP contribution in [0.2, 0.25) is 0 Å². The van der Waals surface area contributed by atoms with Crippen LogP contribution in [0.3, 0.4) is 0 Å². The van der Waals surface area contributed by atoms with Crippen LogP contribution < -0.4 is 0 Å². The molecule has 0 aliphatic rings. The predicted molar refractivity (Wildman–Crippen MR) is 66.3 cm³/mol. The Labute approximate surface area is 100 Å². The molecule has 0 fully saturated rings. The number of aromatic nitrogens is 3. The van der Waals surface area contributed by atoms with Gasteiger partial charge >= 0.3 is 0 Å². The van der Waals surface area contributed by atoms with Gasteiger partial charge in [-0.25, -0.2) is 4.68 Å². The van der Waals surface area contributed by atoms with E-state index in [4.69, 9.17) is 5.11 Å². The summed E-state index contributed by atoms with van der Waals surface area (Å²) in [7, 11) is 0. The zero-order chi connectivity index (χ0) is 12.1. The van der Waals surface area contributed by atoms with E-state index < -0.39 is 0 Å². The van der Waals surface area contributed by atoms with Gasteiger partial charge in [0.25, 0.3) is 0 Å². The number of rotatable bonds is 4. The molecule has 1 aromatic carbocycles. The van der Waals surface area contributed by atoms with Gasteiger partial charge in [0.1, 0.15) is 5.69 Å². The average Bonchev–Trinajstić information content (AvgIpc) is 2.79. The Morgan fingerprint density at radius 1 is 1.35 bits per heavy atom. The summed E-state index contributed by atoms with van der Waals surface area (Å²) in [5, 5.41) is 16.9. The summed E-state index contributed by atoms with van der Waals surface area (Å²) in [4.78, 5) is 0. The van der Waals surface area contributed by atoms with Crippen molar-refractivity contribution < 1.29 is 5.11 Å². The van der Waals surface area contributed by atoms with Crippen LogP contribution in [0.1, 0.15) is 18.2 Å². The Balaban J connectivity index is 2.12. The van der Waals surface area contributed by atoms with Crippen molar-refractivity contribution in [1.82, 2.24) is 15.0 Å². The first kappa shape index (κ1) is 11.5. The highest BCUT2D eigenvalue weighted by atomic mass is 16.2. The van der Waals surface area contributed by atoms with Crippen molar-refractivity contribution in [2.24, 2.45) is 0 Å². The van der Waals surface area contributed by atoms with E-state index in [1.54, 1.807) is 10.8 Å². The molecule has 0 unspecified atom stereocenters. The fraction of sp³-hybridized carbons (Fsp3) is 0.231. The monoisotopic (exact) mass is 229 g/mol. The van der Waals surface area contributed by atoms with Crippen LogP contribution in [0.25, 0.3) is 5.57 Å². The van der Waals surface area contributed by atoms with Crippen molar-refractivity contribution >= 4 is 5.57 Å². The van der Waals surface area contributed by atoms with E-state index >= 15 is 0 Å². The average molecular weight is 229 g/mol. The lowest BCUT2D eigenvalue weighted by Crippen LogP contribution is -1.99. The van der Waals surface area contributed by atoms with Gasteiger partial charge in [-0.1, -0.05) is 41.6 Å². The minimum Gasteiger partial charge on any atom is -0.392 e. The molecule has 0 bridgehead atoms. The van der Waals surface area contributed by atoms with Gasteiger partial charge in [0.2, 0.25) is 0 Å². The second kappa shape index (κ2) is 5.41. The van der Waals surface area contributed by atoms with Crippen LogP contribution in [0, 0.1) is 0 Å². The first-order valence-electron chi connectivity index (χ1n) is 5.51. The fourth-order valence-corrected chi connectivity index (χ4v) is 1.57. The summed E-state index contributed by atoms with van der Waals surface area (Å²) in [6.45, 7) is 2.64. The van der Waals surface area contributed by atoms with Gasteiger partial charge in [-0.2, -0.15) is 0 Å². The molecule has 17 heavy (non-hydrogen) atoms. The molecule has 0 radical (unpaired) electrons. The molecule has 1 N–H and O–H groups in total. The number of aliphatic hydroxyl groups is 1. The SMILES string of the molecule is C/C(=C/CO)c1cn(Cc2ccccc2)nn1. The van der Waals surface area contributed by atoms with Gasteiger partial charge in [-0.3, -0.25) is 0 Å². The molecule has 0 atom stereocenters. The molecule has 1 heterocycles. The largest absolute Gasteiger partial charge is 0.392 e. The minimum absolute atomic E-state index is 0.0252. The van der Waals surface area contributed by atoms with Gasteiger partial charge in [-0.05, 0) is 18.1 Å². The second-order valence-corrected chi connectivity index (χ2v) is 3.86. The van der Waals surface area contributed by atoms with Crippen molar-refractivity contribution in [1.29, 1.82) is 0 Å². The Morgan fingerprint density at radius 2 is 2.12 bits per heavy atom. The molecular weight excluding hydrogens is 214 g/mol. The van der Waals surface area contributed by atoms with E-state index in [0.29, 0.717) is 6.54 Å². The molecule has 4 heteroatoms. The molecule has 1 aromatic heterocycles. The first-order valence-corrected chi connectivity index (χ1v) is 5.51. The van der Waals surface area contributed by atoms with Gasteiger partial charge in [0.05, 0.1) is 19.3 Å². The van der Waals surface area contributed by atoms with Crippen molar-refractivity contribution in [2.45, 2.75) is 13.5 Å². The molecule has 88 valence electrons. The lowest BCUT2D eigenvalue weighted by molar-refractivity contribution is 0.343. The Bertz CT molecular complexity index is 502. The number of allylic oxidation sites excluding steroid dienone is 1. The van der Waals surface area contributed by atoms with Crippen LogP contribution in [-0.4, -0.2) is 26.7 Å². The van der Waals surface area contributed by atoms with Crippen LogP contribution in [0.5, 0.6) is 0 Å². The van der Waals surface area contributed by atoms with Crippen molar-refractivity contribution in [3.05, 3.63) is 53.9 Å². The van der Waals surface area contributed by atoms with Crippen LogP contribution >= 0.6 is 0 Å². The van der Waals surface area contributed by atoms with Crippen molar-refractivity contribution in [2.75, 3.05) is 6.61 Å². The standard InChI is InChI=1S/C13H15N3O/c1-11(7-8-17)13-10-16(15-14-13)9-12-5-3-2-4-6-12/h2-7,10,17H,8-9H2,1H3/b11-7-. The maximum atomic E-state index is 8.81. The van der Waals surface area contributed by atoms with Crippen molar-refractivity contribution in [3.8, 4) is 0 Å². The first-order chi connectivity index (χ1) is 8.29. The smallest absolute Gasteiger partial charge is 0.108 e. The zero-order valence-corrected chi connectivity index (χ0v) is 9.74. The third kappa shape index (κ3) is 3.01. The number of nitrogens with zero attached hydrogens (tertiary/aromatic N) is 3. The molecule has 2 aromatic rings. The molecule has 0 amide bonds. The molecule has 0 aliphatic heterocycles. The summed E-state index contributed by atoms with van der Waals surface area (Å²) in [5.74, 6) is 0. The molecule has 0 saturated carbocycles. The van der Waals surface area contributed by atoms with E-state index in [0.717, 1.165) is 11.3 Å². The number of hydrogen-bond donors (Lipinski definition) is 1. The highest BCUT2D eigenvalue weighted by Crippen LogP contribution is 2.10. The number of benzene rings is 1. The maximum absolute atomic E-state index is 8.81. The van der Waals surface area contributed by atoms with E-state index in [2.05, 4.69) is 22.4 Å². The molecule has 2 rings (SSSR count). The third-order valence-electron chi connectivity index (χ3n) is 2.53. The van der Waals surface area contributed by atoms with Gasteiger partial charge in [-0.15, -0.1) is 5.10 Å². The van der Waals surface area contributed by atoms with Crippen molar-refractivity contribution in [3.63, 3.8) is 0 Å². The lowest BCUT2D eigenvalue weighted by Gasteiger charge is -1.99. The molecule has 0 aliphatic carbocycles. The van der Waals surface area contributed by atoms with E-state index in [1.165, 1.54) is 5.56 Å².